The van der Waals surface area contributed by atoms with Crippen LogP contribution in [0.15, 0.2) is 0 Å². The summed E-state index contributed by atoms with van der Waals surface area (Å²) in [6.07, 6.45) is 2.50. The molecule has 4 nitrogen and oxygen atoms in total. The van der Waals surface area contributed by atoms with Gasteiger partial charge >= 0.3 is 5.97 Å². The van der Waals surface area contributed by atoms with Crippen molar-refractivity contribution in [1.82, 2.24) is 4.90 Å². The van der Waals surface area contributed by atoms with E-state index in [1.165, 1.54) is 12.8 Å². The molecular weight excluding hydrogens is 202 g/mol. The van der Waals surface area contributed by atoms with E-state index in [1.54, 1.807) is 0 Å². The Balaban J connectivity index is 2.05. The number of carboxylic acid groups (broad SMARTS) is 1. The minimum Gasteiger partial charge on any atom is -0.481 e. The Kier molecular flexibility index (Phi) is 5.11. The van der Waals surface area contributed by atoms with E-state index < -0.39 is 16.8 Å². The molecule has 1 saturated heterocycles. The predicted molar refractivity (Wildman–Crippen MR) is 55.8 cm³/mol. The predicted octanol–water partition coefficient (Wildman–Crippen LogP) is 0.306. The summed E-state index contributed by atoms with van der Waals surface area (Å²) >= 11 is 0. The number of carboxylic acids is 1. The number of hydrogen-bond acceptors (Lipinski definition) is 3. The third-order valence-electron chi connectivity index (χ3n) is 2.38. The molecule has 0 spiro atoms. The molecule has 0 amide bonds. The molecular formula is C9H17NO3S. The lowest BCUT2D eigenvalue weighted by Crippen LogP contribution is -2.25. The fourth-order valence-electron chi connectivity index (χ4n) is 1.54. The van der Waals surface area contributed by atoms with E-state index in [9.17, 15) is 9.00 Å². The number of rotatable bonds is 6. The van der Waals surface area contributed by atoms with Crippen molar-refractivity contribution in [2.75, 3.05) is 31.1 Å². The summed E-state index contributed by atoms with van der Waals surface area (Å²) in [6, 6.07) is 0. The van der Waals surface area contributed by atoms with Crippen LogP contribution in [0.4, 0.5) is 0 Å². The molecule has 1 N–H and O–H groups in total. The number of likely N-dealkylation sites (tertiary alicyclic amines) is 1. The smallest absolute Gasteiger partial charge is 0.304 e. The minimum absolute atomic E-state index is 0.0204. The number of hydrogen-bond donors (Lipinski definition) is 1. The molecule has 1 atom stereocenters. The standard InChI is InChI=1S/C9H17NO3S/c11-9(12)3-7-14(13)8-6-10-4-1-2-5-10/h1-8H2,(H,11,12). The van der Waals surface area contributed by atoms with Gasteiger partial charge < -0.3 is 10.0 Å². The molecule has 14 heavy (non-hydrogen) atoms. The number of carbonyl (C=O) groups is 1. The van der Waals surface area contributed by atoms with Crippen LogP contribution in [0.5, 0.6) is 0 Å². The number of nitrogens with zero attached hydrogens (tertiary/aromatic N) is 1. The van der Waals surface area contributed by atoms with Crippen molar-refractivity contribution in [3.63, 3.8) is 0 Å². The third kappa shape index (κ3) is 4.72. The van der Waals surface area contributed by atoms with Crippen LogP contribution in [-0.4, -0.2) is 51.3 Å². The fourth-order valence-corrected chi connectivity index (χ4v) is 2.61. The van der Waals surface area contributed by atoms with Gasteiger partial charge in [0.2, 0.25) is 0 Å². The average Bonchev–Trinajstić information content (AvgIpc) is 2.63. The Morgan fingerprint density at radius 2 is 1.93 bits per heavy atom. The van der Waals surface area contributed by atoms with Gasteiger partial charge in [0.25, 0.3) is 0 Å². The largest absolute Gasteiger partial charge is 0.481 e. The van der Waals surface area contributed by atoms with Crippen LogP contribution in [0.25, 0.3) is 0 Å². The summed E-state index contributed by atoms with van der Waals surface area (Å²) in [6.45, 7) is 3.07. The third-order valence-corrected chi connectivity index (χ3v) is 3.67. The second-order valence-corrected chi connectivity index (χ2v) is 5.24. The molecule has 0 aromatic rings. The van der Waals surface area contributed by atoms with Crippen LogP contribution >= 0.6 is 0 Å². The van der Waals surface area contributed by atoms with Gasteiger partial charge in [-0.15, -0.1) is 0 Å². The van der Waals surface area contributed by atoms with Gasteiger partial charge in [-0.3, -0.25) is 9.00 Å². The maximum atomic E-state index is 11.3. The first kappa shape index (κ1) is 11.7. The summed E-state index contributed by atoms with van der Waals surface area (Å²) in [7, 11) is -0.959. The van der Waals surface area contributed by atoms with E-state index in [1.807, 2.05) is 0 Å². The molecule has 0 radical (unpaired) electrons. The van der Waals surface area contributed by atoms with Crippen molar-refractivity contribution < 1.29 is 14.1 Å². The summed E-state index contributed by atoms with van der Waals surface area (Å²) in [5.41, 5.74) is 0. The Bertz CT molecular complexity index is 214. The summed E-state index contributed by atoms with van der Waals surface area (Å²) < 4.78 is 11.3. The second kappa shape index (κ2) is 6.14. The number of aliphatic carboxylic acids is 1. The zero-order valence-corrected chi connectivity index (χ0v) is 9.09. The van der Waals surface area contributed by atoms with Crippen LogP contribution < -0.4 is 0 Å². The highest BCUT2D eigenvalue weighted by Gasteiger charge is 2.12. The highest BCUT2D eigenvalue weighted by molar-refractivity contribution is 7.85. The first-order valence-corrected chi connectivity index (χ1v) is 6.46. The molecule has 82 valence electrons. The van der Waals surface area contributed by atoms with Crippen molar-refractivity contribution in [3.8, 4) is 0 Å². The Labute approximate surface area is 86.7 Å². The molecule has 5 heteroatoms. The van der Waals surface area contributed by atoms with Gasteiger partial charge in [0.05, 0.1) is 6.42 Å². The highest BCUT2D eigenvalue weighted by Crippen LogP contribution is 2.06. The summed E-state index contributed by atoms with van der Waals surface area (Å²) in [4.78, 5) is 12.5. The van der Waals surface area contributed by atoms with Crippen LogP contribution in [0.3, 0.4) is 0 Å². The summed E-state index contributed by atoms with van der Waals surface area (Å²) in [5.74, 6) is 0.0516. The highest BCUT2D eigenvalue weighted by atomic mass is 32.2. The van der Waals surface area contributed by atoms with Crippen LogP contribution in [0, 0.1) is 0 Å². The van der Waals surface area contributed by atoms with E-state index in [-0.39, 0.29) is 6.42 Å². The van der Waals surface area contributed by atoms with Crippen molar-refractivity contribution >= 4 is 16.8 Å². The molecule has 1 fully saturated rings. The van der Waals surface area contributed by atoms with E-state index in [4.69, 9.17) is 5.11 Å². The quantitative estimate of drug-likeness (QED) is 0.698. The van der Waals surface area contributed by atoms with Crippen molar-refractivity contribution in [2.45, 2.75) is 19.3 Å². The lowest BCUT2D eigenvalue weighted by molar-refractivity contribution is -0.136. The van der Waals surface area contributed by atoms with Gasteiger partial charge in [-0.25, -0.2) is 0 Å². The van der Waals surface area contributed by atoms with Crippen LogP contribution in [0.2, 0.25) is 0 Å². The molecule has 0 bridgehead atoms. The maximum absolute atomic E-state index is 11.3. The van der Waals surface area contributed by atoms with E-state index in [0.717, 1.165) is 19.6 Å². The maximum Gasteiger partial charge on any atom is 0.304 e. The first-order chi connectivity index (χ1) is 6.68. The first-order valence-electron chi connectivity index (χ1n) is 4.97. The van der Waals surface area contributed by atoms with E-state index in [2.05, 4.69) is 4.90 Å². The van der Waals surface area contributed by atoms with Gasteiger partial charge in [0, 0.05) is 28.9 Å². The lowest BCUT2D eigenvalue weighted by atomic mass is 10.4. The molecule has 1 aliphatic rings. The Morgan fingerprint density at radius 1 is 1.29 bits per heavy atom. The molecule has 1 unspecified atom stereocenters. The van der Waals surface area contributed by atoms with Gasteiger partial charge in [-0.05, 0) is 25.9 Å². The van der Waals surface area contributed by atoms with Gasteiger partial charge in [0.15, 0.2) is 0 Å². The van der Waals surface area contributed by atoms with Crippen LogP contribution in [0.1, 0.15) is 19.3 Å². The normalized spacial score (nSPS) is 19.7. The van der Waals surface area contributed by atoms with Crippen molar-refractivity contribution in [3.05, 3.63) is 0 Å². The monoisotopic (exact) mass is 219 g/mol. The summed E-state index contributed by atoms with van der Waals surface area (Å²) in [5, 5.41) is 8.40. The van der Waals surface area contributed by atoms with E-state index in [0.29, 0.717) is 11.5 Å². The average molecular weight is 219 g/mol. The molecule has 1 rings (SSSR count). The molecule has 0 aromatic carbocycles. The van der Waals surface area contributed by atoms with Crippen molar-refractivity contribution in [1.29, 1.82) is 0 Å². The second-order valence-electron chi connectivity index (χ2n) is 3.54. The molecule has 0 aromatic heterocycles. The fraction of sp³-hybridized carbons (Fsp3) is 0.889. The Hall–Kier alpha value is -0.420. The zero-order chi connectivity index (χ0) is 10.4. The molecule has 0 saturated carbocycles. The minimum atomic E-state index is -0.959. The van der Waals surface area contributed by atoms with E-state index >= 15 is 0 Å². The van der Waals surface area contributed by atoms with Crippen LogP contribution in [-0.2, 0) is 15.6 Å². The van der Waals surface area contributed by atoms with Crippen molar-refractivity contribution in [2.24, 2.45) is 0 Å². The zero-order valence-electron chi connectivity index (χ0n) is 8.28. The molecule has 1 heterocycles. The van der Waals surface area contributed by atoms with Gasteiger partial charge in [-0.1, -0.05) is 0 Å². The molecule has 0 aliphatic carbocycles. The SMILES string of the molecule is O=C(O)CCS(=O)CCN1CCCC1. The molecule has 1 aliphatic heterocycles. The van der Waals surface area contributed by atoms with Gasteiger partial charge in [-0.2, -0.15) is 0 Å². The lowest BCUT2D eigenvalue weighted by Gasteiger charge is -2.13. The van der Waals surface area contributed by atoms with Gasteiger partial charge in [0.1, 0.15) is 0 Å². The Morgan fingerprint density at radius 3 is 2.50 bits per heavy atom. The topological polar surface area (TPSA) is 57.6 Å².